The highest BCUT2D eigenvalue weighted by atomic mass is 16.7. The zero-order valence-electron chi connectivity index (χ0n) is 21.3. The fourth-order valence-corrected chi connectivity index (χ4v) is 4.09. The second-order valence-corrected chi connectivity index (χ2v) is 9.06. The Morgan fingerprint density at radius 1 is 1.08 bits per heavy atom. The van der Waals surface area contributed by atoms with Gasteiger partial charge in [0, 0.05) is 13.0 Å². The molecule has 2 amide bonds. The van der Waals surface area contributed by atoms with Crippen molar-refractivity contribution < 1.29 is 44.2 Å². The number of carbonyl (C=O) groups is 2. The summed E-state index contributed by atoms with van der Waals surface area (Å²) in [5.74, 6) is 1.74. The third-order valence-corrected chi connectivity index (χ3v) is 6.11. The predicted molar refractivity (Wildman–Crippen MR) is 139 cm³/mol. The number of rotatable bonds is 13. The van der Waals surface area contributed by atoms with Gasteiger partial charge in [0.2, 0.25) is 11.8 Å². The van der Waals surface area contributed by atoms with Crippen molar-refractivity contribution in [1.29, 1.82) is 0 Å². The highest BCUT2D eigenvalue weighted by Gasteiger charge is 2.44. The van der Waals surface area contributed by atoms with E-state index < -0.39 is 55.2 Å². The Morgan fingerprint density at radius 2 is 1.79 bits per heavy atom. The molecule has 3 rings (SSSR count). The molecule has 0 aliphatic carbocycles. The van der Waals surface area contributed by atoms with Gasteiger partial charge in [-0.3, -0.25) is 9.59 Å². The van der Waals surface area contributed by atoms with Gasteiger partial charge in [-0.2, -0.15) is 0 Å². The predicted octanol–water partition coefficient (Wildman–Crippen LogP) is -0.751. The molecule has 1 aliphatic rings. The highest BCUT2D eigenvalue weighted by Crippen LogP contribution is 2.26. The van der Waals surface area contributed by atoms with Crippen LogP contribution in [0.3, 0.4) is 0 Å². The molecule has 39 heavy (non-hydrogen) atoms. The number of nitrogens with one attached hydrogen (secondary N) is 2. The molecular weight excluding hydrogens is 508 g/mol. The van der Waals surface area contributed by atoms with E-state index in [1.807, 2.05) is 30.3 Å². The average Bonchev–Trinajstić information content (AvgIpc) is 2.95. The van der Waals surface area contributed by atoms with E-state index in [0.29, 0.717) is 11.3 Å². The van der Waals surface area contributed by atoms with Crippen LogP contribution in [0.1, 0.15) is 17.5 Å². The number of carbonyl (C=O) groups excluding carboxylic acids is 2. The first kappa shape index (κ1) is 30.0. The van der Waals surface area contributed by atoms with Crippen LogP contribution in [0, 0.1) is 12.3 Å². The van der Waals surface area contributed by atoms with Crippen LogP contribution in [-0.4, -0.2) is 88.7 Å². The zero-order chi connectivity index (χ0) is 28.2. The van der Waals surface area contributed by atoms with Crippen LogP contribution in [0.15, 0.2) is 54.6 Å². The Kier molecular flexibility index (Phi) is 11.7. The molecule has 6 atom stereocenters. The molecule has 0 bridgehead atoms. The van der Waals surface area contributed by atoms with Gasteiger partial charge in [-0.1, -0.05) is 48.4 Å². The molecule has 2 aromatic rings. The summed E-state index contributed by atoms with van der Waals surface area (Å²) in [5.41, 5.74) is 1.56. The fraction of sp³-hybridized carbons (Fsp3) is 0.429. The number of amides is 2. The lowest BCUT2D eigenvalue weighted by Gasteiger charge is -2.42. The van der Waals surface area contributed by atoms with E-state index in [9.17, 15) is 24.9 Å². The van der Waals surface area contributed by atoms with Gasteiger partial charge in [-0.05, 0) is 23.3 Å². The average molecular weight is 543 g/mol. The van der Waals surface area contributed by atoms with Crippen LogP contribution in [0.2, 0.25) is 0 Å². The molecule has 0 spiro atoms. The van der Waals surface area contributed by atoms with Crippen molar-refractivity contribution in [2.75, 3.05) is 19.8 Å². The van der Waals surface area contributed by atoms with Crippen molar-refractivity contribution in [3.63, 3.8) is 0 Å². The molecule has 11 nitrogen and oxygen atoms in total. The second kappa shape index (κ2) is 15.2. The van der Waals surface area contributed by atoms with E-state index in [1.54, 1.807) is 24.3 Å². The SMILES string of the molecule is C#CCOc1ccc(CC(=O)NC[C@@H](O)[C@@H](O)[C@@H]2O[C@@H](OCc3ccccc3)C[C@H](O)[C@H]2NC(=O)CO)cc1. The number of hydrogen-bond donors (Lipinski definition) is 6. The topological polar surface area (TPSA) is 167 Å². The second-order valence-electron chi connectivity index (χ2n) is 9.06. The van der Waals surface area contributed by atoms with Crippen molar-refractivity contribution in [1.82, 2.24) is 10.6 Å². The van der Waals surface area contributed by atoms with Gasteiger partial charge in [0.15, 0.2) is 6.29 Å². The number of benzene rings is 2. The molecular formula is C28H34N2O9. The standard InChI is InChI=1S/C28H34N2O9/c1-2-12-37-20-10-8-18(9-11-20)13-23(34)29-15-22(33)27(36)28-26(30-24(35)16-31)21(32)14-25(39-28)38-17-19-6-4-3-5-7-19/h1,3-11,21-22,25-28,31-33,36H,12-17H2,(H,29,34)(H,30,35)/t21-,22+,25+,26+,27+,28+/m0/s1. The van der Waals surface area contributed by atoms with Crippen LogP contribution < -0.4 is 15.4 Å². The Balaban J connectivity index is 1.58. The number of aliphatic hydroxyl groups excluding tert-OH is 4. The lowest BCUT2D eigenvalue weighted by Crippen LogP contribution is -2.63. The molecule has 2 aromatic carbocycles. The summed E-state index contributed by atoms with van der Waals surface area (Å²) in [6.07, 6.45) is -1.43. The summed E-state index contributed by atoms with van der Waals surface area (Å²) in [5, 5.41) is 46.3. The normalized spacial score (nSPS) is 22.2. The summed E-state index contributed by atoms with van der Waals surface area (Å²) in [4.78, 5) is 24.2. The lowest BCUT2D eigenvalue weighted by molar-refractivity contribution is -0.255. The summed E-state index contributed by atoms with van der Waals surface area (Å²) >= 11 is 0. The minimum Gasteiger partial charge on any atom is -0.481 e. The molecule has 1 aliphatic heterocycles. The summed E-state index contributed by atoms with van der Waals surface area (Å²) in [6, 6.07) is 14.9. The molecule has 210 valence electrons. The summed E-state index contributed by atoms with van der Waals surface area (Å²) in [6.45, 7) is -0.859. The van der Waals surface area contributed by atoms with Crippen molar-refractivity contribution in [2.45, 2.75) is 56.2 Å². The van der Waals surface area contributed by atoms with Gasteiger partial charge in [0.25, 0.3) is 0 Å². The van der Waals surface area contributed by atoms with Gasteiger partial charge in [-0.15, -0.1) is 6.42 Å². The van der Waals surface area contributed by atoms with E-state index in [-0.39, 0.29) is 32.6 Å². The van der Waals surface area contributed by atoms with E-state index in [1.165, 1.54) is 0 Å². The van der Waals surface area contributed by atoms with E-state index >= 15 is 0 Å². The maximum absolute atomic E-state index is 12.4. The van der Waals surface area contributed by atoms with Crippen LogP contribution >= 0.6 is 0 Å². The van der Waals surface area contributed by atoms with Gasteiger partial charge >= 0.3 is 0 Å². The van der Waals surface area contributed by atoms with Crippen molar-refractivity contribution >= 4 is 11.8 Å². The van der Waals surface area contributed by atoms with Crippen LogP contribution in [0.25, 0.3) is 0 Å². The highest BCUT2D eigenvalue weighted by molar-refractivity contribution is 5.78. The molecule has 0 radical (unpaired) electrons. The first-order chi connectivity index (χ1) is 18.8. The Bertz CT molecular complexity index is 1090. The van der Waals surface area contributed by atoms with E-state index in [4.69, 9.17) is 25.7 Å². The number of ether oxygens (including phenoxy) is 3. The smallest absolute Gasteiger partial charge is 0.246 e. The molecule has 0 saturated carbocycles. The van der Waals surface area contributed by atoms with Crippen LogP contribution in [-0.2, 0) is 32.1 Å². The summed E-state index contributed by atoms with van der Waals surface area (Å²) in [7, 11) is 0. The van der Waals surface area contributed by atoms with Crippen LogP contribution in [0.5, 0.6) is 5.75 Å². The van der Waals surface area contributed by atoms with Crippen molar-refractivity contribution in [3.8, 4) is 18.1 Å². The molecule has 6 N–H and O–H groups in total. The third-order valence-electron chi connectivity index (χ3n) is 6.11. The largest absolute Gasteiger partial charge is 0.481 e. The first-order valence-corrected chi connectivity index (χ1v) is 12.5. The molecule has 1 heterocycles. The maximum Gasteiger partial charge on any atom is 0.246 e. The lowest BCUT2D eigenvalue weighted by atomic mass is 9.92. The Labute approximate surface area is 226 Å². The maximum atomic E-state index is 12.4. The quantitative estimate of drug-likeness (QED) is 0.179. The van der Waals surface area contributed by atoms with Crippen molar-refractivity contribution in [2.24, 2.45) is 0 Å². The van der Waals surface area contributed by atoms with E-state index in [0.717, 1.165) is 5.56 Å². The van der Waals surface area contributed by atoms with Gasteiger partial charge in [0.05, 0.1) is 31.3 Å². The molecule has 11 heteroatoms. The number of terminal acetylenes is 1. The molecule has 1 saturated heterocycles. The monoisotopic (exact) mass is 542 g/mol. The molecule has 0 aromatic heterocycles. The van der Waals surface area contributed by atoms with Crippen molar-refractivity contribution in [3.05, 3.63) is 65.7 Å². The Morgan fingerprint density at radius 3 is 2.46 bits per heavy atom. The minimum atomic E-state index is -1.63. The summed E-state index contributed by atoms with van der Waals surface area (Å²) < 4.78 is 16.9. The van der Waals surface area contributed by atoms with E-state index in [2.05, 4.69) is 16.6 Å². The fourth-order valence-electron chi connectivity index (χ4n) is 4.09. The zero-order valence-corrected chi connectivity index (χ0v) is 21.3. The third kappa shape index (κ3) is 9.33. The van der Waals surface area contributed by atoms with Gasteiger partial charge in [0.1, 0.15) is 31.2 Å². The minimum absolute atomic E-state index is 0.0153. The van der Waals surface area contributed by atoms with Gasteiger partial charge < -0.3 is 45.3 Å². The number of hydrogen-bond acceptors (Lipinski definition) is 9. The number of aliphatic hydroxyl groups is 4. The Hall–Kier alpha value is -3.50. The van der Waals surface area contributed by atoms with Crippen LogP contribution in [0.4, 0.5) is 0 Å². The molecule has 0 unspecified atom stereocenters. The molecule has 1 fully saturated rings. The first-order valence-electron chi connectivity index (χ1n) is 12.5. The van der Waals surface area contributed by atoms with Gasteiger partial charge in [-0.25, -0.2) is 0 Å².